The van der Waals surface area contributed by atoms with Gasteiger partial charge in [-0.15, -0.1) is 0 Å². The summed E-state index contributed by atoms with van der Waals surface area (Å²) in [7, 11) is 1.37. The Bertz CT molecular complexity index is 1060. The molecule has 10 heteroatoms. The summed E-state index contributed by atoms with van der Waals surface area (Å²) in [5, 5.41) is 22.9. The fraction of sp³-hybridized carbons (Fsp3) is 0.105. The molecule has 0 aliphatic carbocycles. The van der Waals surface area contributed by atoms with E-state index in [1.807, 2.05) is 0 Å². The van der Waals surface area contributed by atoms with Gasteiger partial charge in [-0.25, -0.2) is 0 Å². The van der Waals surface area contributed by atoms with Crippen molar-refractivity contribution >= 4 is 40.9 Å². The number of hydrogen-bond acceptors (Lipinski definition) is 7. The molecule has 0 bridgehead atoms. The van der Waals surface area contributed by atoms with Crippen molar-refractivity contribution in [3.63, 3.8) is 0 Å². The van der Waals surface area contributed by atoms with E-state index in [4.69, 9.17) is 21.1 Å². The molecule has 0 radical (unpaired) electrons. The van der Waals surface area contributed by atoms with E-state index in [1.165, 1.54) is 50.4 Å². The van der Waals surface area contributed by atoms with Gasteiger partial charge in [-0.1, -0.05) is 17.7 Å². The van der Waals surface area contributed by atoms with Gasteiger partial charge in [-0.2, -0.15) is 5.26 Å². The number of nitro benzene ring substituents is 1. The van der Waals surface area contributed by atoms with Crippen LogP contribution in [0.5, 0.6) is 11.5 Å². The van der Waals surface area contributed by atoms with Crippen LogP contribution in [-0.2, 0) is 9.59 Å². The Morgan fingerprint density at radius 2 is 1.97 bits per heavy atom. The molecule has 0 fully saturated rings. The van der Waals surface area contributed by atoms with Crippen LogP contribution in [0, 0.1) is 21.4 Å². The van der Waals surface area contributed by atoms with E-state index in [1.54, 1.807) is 6.07 Å². The summed E-state index contributed by atoms with van der Waals surface area (Å²) >= 11 is 5.74. The molecule has 0 aromatic heterocycles. The highest BCUT2D eigenvalue weighted by Gasteiger charge is 2.19. The van der Waals surface area contributed by atoms with Gasteiger partial charge in [0.15, 0.2) is 11.5 Å². The Kier molecular flexibility index (Phi) is 6.89. The molecule has 0 spiro atoms. The lowest BCUT2D eigenvalue weighted by Crippen LogP contribution is -2.14. The summed E-state index contributed by atoms with van der Waals surface area (Å²) in [4.78, 5) is 34.0. The summed E-state index contributed by atoms with van der Waals surface area (Å²) in [6.07, 6.45) is 1.26. The monoisotopic (exact) mass is 415 g/mol. The van der Waals surface area contributed by atoms with Crippen molar-refractivity contribution in [2.45, 2.75) is 6.92 Å². The molecule has 2 rings (SSSR count). The molecule has 1 N–H and O–H groups in total. The molecule has 2 aromatic carbocycles. The smallest absolute Gasteiger partial charge is 0.308 e. The third-order valence-electron chi connectivity index (χ3n) is 3.52. The summed E-state index contributed by atoms with van der Waals surface area (Å²) < 4.78 is 10.1. The largest absolute Gasteiger partial charge is 0.493 e. The maximum absolute atomic E-state index is 12.4. The second kappa shape index (κ2) is 9.34. The van der Waals surface area contributed by atoms with E-state index in [2.05, 4.69) is 5.32 Å². The molecule has 9 nitrogen and oxygen atoms in total. The Hall–Kier alpha value is -3.90. The minimum absolute atomic E-state index is 0.103. The van der Waals surface area contributed by atoms with Crippen LogP contribution in [0.4, 0.5) is 11.4 Å². The van der Waals surface area contributed by atoms with Gasteiger partial charge in [0.05, 0.1) is 12.0 Å². The number of nitrogens with one attached hydrogen (secondary N) is 1. The van der Waals surface area contributed by atoms with Crippen molar-refractivity contribution in [1.82, 2.24) is 0 Å². The quantitative estimate of drug-likeness (QED) is 0.190. The number of esters is 1. The molecule has 0 aliphatic heterocycles. The van der Waals surface area contributed by atoms with Gasteiger partial charge in [0, 0.05) is 18.0 Å². The number of methoxy groups -OCH3 is 1. The van der Waals surface area contributed by atoms with E-state index in [0.29, 0.717) is 5.56 Å². The van der Waals surface area contributed by atoms with Gasteiger partial charge in [0.2, 0.25) is 0 Å². The minimum Gasteiger partial charge on any atom is -0.493 e. The van der Waals surface area contributed by atoms with E-state index in [9.17, 15) is 25.0 Å². The number of benzene rings is 2. The number of amides is 1. The summed E-state index contributed by atoms with van der Waals surface area (Å²) in [5.41, 5.74) is -0.407. The van der Waals surface area contributed by atoms with Crippen molar-refractivity contribution in [1.29, 1.82) is 5.26 Å². The van der Waals surface area contributed by atoms with Crippen LogP contribution in [0.1, 0.15) is 12.5 Å². The molecular formula is C19H14ClN3O6. The SMILES string of the molecule is COc1cc(C=C(C#N)C(=O)Nc2ccc(Cl)cc2[N+](=O)[O-])ccc1OC(C)=O. The second-order valence-electron chi connectivity index (χ2n) is 5.55. The maximum atomic E-state index is 12.4. The molecule has 1 amide bonds. The normalized spacial score (nSPS) is 10.6. The van der Waals surface area contributed by atoms with Gasteiger partial charge < -0.3 is 14.8 Å². The Morgan fingerprint density at radius 3 is 2.55 bits per heavy atom. The topological polar surface area (TPSA) is 132 Å². The third kappa shape index (κ3) is 5.54. The Morgan fingerprint density at radius 1 is 1.24 bits per heavy atom. The highest BCUT2D eigenvalue weighted by molar-refractivity contribution is 6.31. The molecule has 0 atom stereocenters. The first kappa shape index (κ1) is 21.4. The van der Waals surface area contributed by atoms with E-state index < -0.39 is 22.5 Å². The lowest BCUT2D eigenvalue weighted by molar-refractivity contribution is -0.383. The number of anilines is 1. The van der Waals surface area contributed by atoms with Crippen LogP contribution in [-0.4, -0.2) is 23.9 Å². The molecule has 0 saturated heterocycles. The molecule has 0 heterocycles. The number of hydrogen-bond donors (Lipinski definition) is 1. The minimum atomic E-state index is -0.846. The molecule has 0 saturated carbocycles. The number of halogens is 1. The van der Waals surface area contributed by atoms with Gasteiger partial charge >= 0.3 is 5.97 Å². The molecule has 29 heavy (non-hydrogen) atoms. The zero-order valence-corrected chi connectivity index (χ0v) is 16.0. The summed E-state index contributed by atoms with van der Waals surface area (Å²) in [6, 6.07) is 9.90. The number of nitrogens with zero attached hydrogens (tertiary/aromatic N) is 2. The number of ether oxygens (including phenoxy) is 2. The zero-order valence-electron chi connectivity index (χ0n) is 15.3. The lowest BCUT2D eigenvalue weighted by atomic mass is 10.1. The fourth-order valence-corrected chi connectivity index (χ4v) is 2.45. The average molecular weight is 416 g/mol. The first-order valence-electron chi connectivity index (χ1n) is 7.98. The van der Waals surface area contributed by atoms with Crippen LogP contribution in [0.25, 0.3) is 6.08 Å². The van der Waals surface area contributed by atoms with Crippen LogP contribution in [0.15, 0.2) is 42.0 Å². The highest BCUT2D eigenvalue weighted by Crippen LogP contribution is 2.30. The number of rotatable bonds is 6. The van der Waals surface area contributed by atoms with Gasteiger partial charge in [0.25, 0.3) is 11.6 Å². The van der Waals surface area contributed by atoms with Gasteiger partial charge in [0.1, 0.15) is 17.3 Å². The molecule has 148 valence electrons. The maximum Gasteiger partial charge on any atom is 0.308 e. The standard InChI is InChI=1S/C19H14ClN3O6/c1-11(24)29-17-6-3-12(8-18(17)28-2)7-13(10-21)19(25)22-15-5-4-14(20)9-16(15)23(26)27/h3-9H,1-2H3,(H,22,25). The van der Waals surface area contributed by atoms with Crippen molar-refractivity contribution in [3.8, 4) is 17.6 Å². The zero-order chi connectivity index (χ0) is 21.6. The summed E-state index contributed by atoms with van der Waals surface area (Å²) in [5.74, 6) is -0.980. The van der Waals surface area contributed by atoms with E-state index >= 15 is 0 Å². The molecular weight excluding hydrogens is 402 g/mol. The molecule has 0 unspecified atom stereocenters. The van der Waals surface area contributed by atoms with Gasteiger partial charge in [-0.3, -0.25) is 19.7 Å². The van der Waals surface area contributed by atoms with Crippen molar-refractivity contribution in [3.05, 3.63) is 62.7 Å². The van der Waals surface area contributed by atoms with Crippen molar-refractivity contribution in [2.24, 2.45) is 0 Å². The van der Waals surface area contributed by atoms with E-state index in [0.717, 1.165) is 6.07 Å². The summed E-state index contributed by atoms with van der Waals surface area (Å²) in [6.45, 7) is 1.24. The number of nitriles is 1. The Labute approximate surface area is 170 Å². The first-order chi connectivity index (χ1) is 13.7. The Balaban J connectivity index is 2.33. The number of nitro groups is 1. The van der Waals surface area contributed by atoms with Crippen molar-refractivity contribution < 1.29 is 24.0 Å². The lowest BCUT2D eigenvalue weighted by Gasteiger charge is -2.09. The third-order valence-corrected chi connectivity index (χ3v) is 3.76. The van der Waals surface area contributed by atoms with Crippen LogP contribution in [0.2, 0.25) is 5.02 Å². The molecule has 0 aliphatic rings. The average Bonchev–Trinajstić information content (AvgIpc) is 2.67. The van der Waals surface area contributed by atoms with E-state index in [-0.39, 0.29) is 27.8 Å². The van der Waals surface area contributed by atoms with Crippen molar-refractivity contribution in [2.75, 3.05) is 12.4 Å². The van der Waals surface area contributed by atoms with Crippen LogP contribution < -0.4 is 14.8 Å². The number of carbonyl (C=O) groups is 2. The second-order valence-corrected chi connectivity index (χ2v) is 5.98. The predicted molar refractivity (Wildman–Crippen MR) is 105 cm³/mol. The predicted octanol–water partition coefficient (Wildman–Crippen LogP) is 3.73. The highest BCUT2D eigenvalue weighted by atomic mass is 35.5. The number of carbonyl (C=O) groups excluding carboxylic acids is 2. The fourth-order valence-electron chi connectivity index (χ4n) is 2.28. The molecule has 2 aromatic rings. The van der Waals surface area contributed by atoms with Crippen LogP contribution >= 0.6 is 11.6 Å². The first-order valence-corrected chi connectivity index (χ1v) is 8.36. The van der Waals surface area contributed by atoms with Gasteiger partial charge in [-0.05, 0) is 35.9 Å². The van der Waals surface area contributed by atoms with Crippen LogP contribution in [0.3, 0.4) is 0 Å².